The van der Waals surface area contributed by atoms with Gasteiger partial charge in [0.1, 0.15) is 5.75 Å². The van der Waals surface area contributed by atoms with Gasteiger partial charge in [0.05, 0.1) is 12.7 Å². The number of aliphatic hydroxyl groups excluding tert-OH is 1. The number of benzene rings is 1. The second-order valence-corrected chi connectivity index (χ2v) is 4.61. The molecule has 106 valence electrons. The van der Waals surface area contributed by atoms with E-state index in [9.17, 15) is 4.79 Å². The Morgan fingerprint density at radius 1 is 1.37 bits per heavy atom. The van der Waals surface area contributed by atoms with Crippen molar-refractivity contribution in [3.63, 3.8) is 0 Å². The van der Waals surface area contributed by atoms with Gasteiger partial charge in [-0.05, 0) is 31.5 Å². The molecule has 5 heteroatoms. The average Bonchev–Trinajstić information content (AvgIpc) is 2.37. The fraction of sp³-hybridized carbons (Fsp3) is 0.500. The van der Waals surface area contributed by atoms with Crippen LogP contribution in [-0.4, -0.2) is 42.3 Å². The van der Waals surface area contributed by atoms with Crippen LogP contribution in [0.5, 0.6) is 5.75 Å². The first kappa shape index (κ1) is 15.3. The molecule has 19 heavy (non-hydrogen) atoms. The Kier molecular flexibility index (Phi) is 6.15. The molecule has 0 bridgehead atoms. The highest BCUT2D eigenvalue weighted by Gasteiger charge is 2.06. The first-order valence-corrected chi connectivity index (χ1v) is 6.38. The number of nitrogens with zero attached hydrogens (tertiary/aromatic N) is 1. The molecule has 2 N–H and O–H groups in total. The number of aliphatic hydroxyl groups is 1. The smallest absolute Gasteiger partial charge is 0.317 e. The first-order valence-electron chi connectivity index (χ1n) is 6.38. The highest BCUT2D eigenvalue weighted by atomic mass is 16.5. The van der Waals surface area contributed by atoms with Crippen LogP contribution in [0.2, 0.25) is 0 Å². The third-order valence-corrected chi connectivity index (χ3v) is 2.52. The summed E-state index contributed by atoms with van der Waals surface area (Å²) in [6.45, 7) is 4.70. The van der Waals surface area contributed by atoms with E-state index in [4.69, 9.17) is 9.84 Å². The molecule has 0 aliphatic heterocycles. The summed E-state index contributed by atoms with van der Waals surface area (Å²) in [5, 5.41) is 11.5. The molecule has 0 heterocycles. The van der Waals surface area contributed by atoms with Gasteiger partial charge in [-0.15, -0.1) is 0 Å². The average molecular weight is 266 g/mol. The highest BCUT2D eigenvalue weighted by Crippen LogP contribution is 2.13. The number of hydrogen-bond donors (Lipinski definition) is 2. The van der Waals surface area contributed by atoms with Gasteiger partial charge in [-0.25, -0.2) is 4.79 Å². The van der Waals surface area contributed by atoms with Crippen molar-refractivity contribution in [2.75, 3.05) is 20.2 Å². The van der Waals surface area contributed by atoms with Gasteiger partial charge < -0.3 is 20.1 Å². The molecule has 0 saturated carbocycles. The molecule has 0 spiro atoms. The zero-order valence-electron chi connectivity index (χ0n) is 11.7. The van der Waals surface area contributed by atoms with Crippen molar-refractivity contribution in [2.45, 2.75) is 26.5 Å². The summed E-state index contributed by atoms with van der Waals surface area (Å²) in [7, 11) is 1.64. The number of ether oxygens (including phenoxy) is 1. The Bertz CT molecular complexity index is 390. The van der Waals surface area contributed by atoms with Crippen LogP contribution in [0, 0.1) is 0 Å². The van der Waals surface area contributed by atoms with E-state index in [0.29, 0.717) is 13.1 Å². The van der Waals surface area contributed by atoms with Gasteiger partial charge in [-0.3, -0.25) is 0 Å². The van der Waals surface area contributed by atoms with Crippen LogP contribution >= 0.6 is 0 Å². The van der Waals surface area contributed by atoms with Crippen molar-refractivity contribution in [3.05, 3.63) is 29.8 Å². The number of amides is 2. The summed E-state index contributed by atoms with van der Waals surface area (Å²) in [5.41, 5.74) is 1.00. The zero-order chi connectivity index (χ0) is 14.3. The second kappa shape index (κ2) is 7.63. The minimum absolute atomic E-state index is 0.0365. The molecule has 0 aromatic heterocycles. The molecule has 0 saturated heterocycles. The van der Waals surface area contributed by atoms with Crippen molar-refractivity contribution >= 4 is 6.03 Å². The van der Waals surface area contributed by atoms with E-state index in [-0.39, 0.29) is 18.7 Å². The fourth-order valence-electron chi connectivity index (χ4n) is 1.52. The van der Waals surface area contributed by atoms with E-state index >= 15 is 0 Å². The van der Waals surface area contributed by atoms with E-state index < -0.39 is 0 Å². The Balaban J connectivity index is 2.43. The molecule has 5 nitrogen and oxygen atoms in total. The highest BCUT2D eigenvalue weighted by molar-refractivity contribution is 5.73. The van der Waals surface area contributed by atoms with Crippen molar-refractivity contribution < 1.29 is 14.6 Å². The number of nitrogens with one attached hydrogen (secondary N) is 1. The Hall–Kier alpha value is -1.75. The topological polar surface area (TPSA) is 61.8 Å². The number of urea groups is 1. The van der Waals surface area contributed by atoms with Crippen molar-refractivity contribution in [1.82, 2.24) is 10.2 Å². The number of hydrogen-bond acceptors (Lipinski definition) is 3. The summed E-state index contributed by atoms with van der Waals surface area (Å²) in [6.07, 6.45) is 0.151. The summed E-state index contributed by atoms with van der Waals surface area (Å²) in [6, 6.07) is 7.42. The lowest BCUT2D eigenvalue weighted by Gasteiger charge is -2.16. The van der Waals surface area contributed by atoms with Crippen LogP contribution in [-0.2, 0) is 6.54 Å². The zero-order valence-corrected chi connectivity index (χ0v) is 11.7. The number of rotatable bonds is 6. The predicted octanol–water partition coefficient (Wildman–Crippen LogP) is 1.61. The maximum Gasteiger partial charge on any atom is 0.317 e. The minimum atomic E-state index is -0.198. The van der Waals surface area contributed by atoms with E-state index in [2.05, 4.69) is 5.32 Å². The molecule has 0 fully saturated rings. The van der Waals surface area contributed by atoms with Crippen LogP contribution in [0.4, 0.5) is 4.79 Å². The fourth-order valence-corrected chi connectivity index (χ4v) is 1.52. The molecule has 0 radical (unpaired) electrons. The van der Waals surface area contributed by atoms with Gasteiger partial charge >= 0.3 is 6.03 Å². The van der Waals surface area contributed by atoms with Crippen LogP contribution in [0.1, 0.15) is 19.4 Å². The molecule has 1 rings (SSSR count). The molecule has 1 aromatic carbocycles. The Morgan fingerprint density at radius 3 is 2.53 bits per heavy atom. The van der Waals surface area contributed by atoms with E-state index in [1.165, 1.54) is 4.90 Å². The second-order valence-electron chi connectivity index (χ2n) is 4.61. The van der Waals surface area contributed by atoms with Gasteiger partial charge in [0.15, 0.2) is 0 Å². The largest absolute Gasteiger partial charge is 0.491 e. The summed E-state index contributed by atoms with van der Waals surface area (Å²) in [4.78, 5) is 13.0. The monoisotopic (exact) mass is 266 g/mol. The quantitative estimate of drug-likeness (QED) is 0.822. The Morgan fingerprint density at radius 2 is 2.00 bits per heavy atom. The lowest BCUT2D eigenvalue weighted by molar-refractivity contribution is 0.190. The molecule has 0 unspecified atom stereocenters. The maximum atomic E-state index is 11.6. The van der Waals surface area contributed by atoms with Gasteiger partial charge in [-0.2, -0.15) is 0 Å². The maximum absolute atomic E-state index is 11.6. The third kappa shape index (κ3) is 5.61. The van der Waals surface area contributed by atoms with Gasteiger partial charge in [0, 0.05) is 20.1 Å². The number of carbonyl (C=O) groups excluding carboxylic acids is 1. The molecule has 0 atom stereocenters. The summed E-state index contributed by atoms with van der Waals surface area (Å²) < 4.78 is 5.54. The molecular weight excluding hydrogens is 244 g/mol. The van der Waals surface area contributed by atoms with Crippen LogP contribution in [0.25, 0.3) is 0 Å². The lowest BCUT2D eigenvalue weighted by Crippen LogP contribution is -2.38. The standard InChI is InChI=1S/C14H22N2O3/c1-11(2)19-13-6-4-12(5-7-13)10-15-14(18)16(3)8-9-17/h4-7,11,17H,8-10H2,1-3H3,(H,15,18). The van der Waals surface area contributed by atoms with E-state index in [0.717, 1.165) is 11.3 Å². The molecule has 1 aromatic rings. The molecule has 0 aliphatic carbocycles. The number of carbonyl (C=O) groups is 1. The van der Waals surface area contributed by atoms with Gasteiger partial charge in [-0.1, -0.05) is 12.1 Å². The van der Waals surface area contributed by atoms with Gasteiger partial charge in [0.25, 0.3) is 0 Å². The van der Waals surface area contributed by atoms with Crippen LogP contribution in [0.15, 0.2) is 24.3 Å². The first-order chi connectivity index (χ1) is 9.02. The van der Waals surface area contributed by atoms with Crippen LogP contribution < -0.4 is 10.1 Å². The minimum Gasteiger partial charge on any atom is -0.491 e. The van der Waals surface area contributed by atoms with Crippen molar-refractivity contribution in [2.24, 2.45) is 0 Å². The third-order valence-electron chi connectivity index (χ3n) is 2.52. The summed E-state index contributed by atoms with van der Waals surface area (Å²) >= 11 is 0. The van der Waals surface area contributed by atoms with Crippen LogP contribution in [0.3, 0.4) is 0 Å². The van der Waals surface area contributed by atoms with Gasteiger partial charge in [0.2, 0.25) is 0 Å². The Labute approximate surface area is 114 Å². The van der Waals surface area contributed by atoms with Crippen molar-refractivity contribution in [1.29, 1.82) is 0 Å². The number of likely N-dealkylation sites (N-methyl/N-ethyl adjacent to an activating group) is 1. The SMILES string of the molecule is CC(C)Oc1ccc(CNC(=O)N(C)CCO)cc1. The molecule has 2 amide bonds. The summed E-state index contributed by atoms with van der Waals surface area (Å²) in [5.74, 6) is 0.822. The molecule has 0 aliphatic rings. The van der Waals surface area contributed by atoms with E-state index in [1.54, 1.807) is 7.05 Å². The lowest BCUT2D eigenvalue weighted by atomic mass is 10.2. The predicted molar refractivity (Wildman–Crippen MR) is 74.2 cm³/mol. The van der Waals surface area contributed by atoms with Crippen molar-refractivity contribution in [3.8, 4) is 5.75 Å². The van der Waals surface area contributed by atoms with E-state index in [1.807, 2.05) is 38.1 Å². The molecular formula is C14H22N2O3. The normalized spacial score (nSPS) is 10.4.